The van der Waals surface area contributed by atoms with E-state index in [1.165, 1.54) is 6.42 Å². The summed E-state index contributed by atoms with van der Waals surface area (Å²) < 4.78 is 0. The molecule has 1 atom stereocenters. The number of piperidine rings is 1. The normalized spacial score (nSPS) is 23.4. The molecular formula is C17H27Cl2N5O. The molecule has 2 aliphatic heterocycles. The molecule has 1 unspecified atom stereocenters. The van der Waals surface area contributed by atoms with Crippen molar-refractivity contribution in [2.75, 3.05) is 24.5 Å². The summed E-state index contributed by atoms with van der Waals surface area (Å²) in [7, 11) is 0. The third-order valence-corrected chi connectivity index (χ3v) is 5.71. The van der Waals surface area contributed by atoms with E-state index >= 15 is 0 Å². The van der Waals surface area contributed by atoms with E-state index in [1.54, 1.807) is 0 Å². The van der Waals surface area contributed by atoms with E-state index in [0.29, 0.717) is 23.7 Å². The van der Waals surface area contributed by atoms with Crippen LogP contribution in [0.3, 0.4) is 0 Å². The minimum atomic E-state index is -0.0607. The van der Waals surface area contributed by atoms with Crippen molar-refractivity contribution < 1.29 is 4.79 Å². The SMILES string of the molecule is CC(C)c1nc2c(c(N3CCC4(CC3)CC4N)n1)CCNC2=O.Cl.Cl. The lowest BCUT2D eigenvalue weighted by Gasteiger charge is -2.35. The summed E-state index contributed by atoms with van der Waals surface area (Å²) in [6, 6.07) is 0.390. The Morgan fingerprint density at radius 2 is 1.88 bits per heavy atom. The first-order valence-corrected chi connectivity index (χ1v) is 8.70. The molecule has 0 radical (unpaired) electrons. The average Bonchev–Trinajstić information content (AvgIpc) is 3.16. The van der Waals surface area contributed by atoms with Gasteiger partial charge in [0.15, 0.2) is 0 Å². The largest absolute Gasteiger partial charge is 0.356 e. The molecule has 0 aromatic carbocycles. The van der Waals surface area contributed by atoms with Crippen LogP contribution in [0, 0.1) is 5.41 Å². The molecule has 8 heteroatoms. The number of hydrogen-bond donors (Lipinski definition) is 2. The van der Waals surface area contributed by atoms with Crippen LogP contribution in [-0.2, 0) is 6.42 Å². The number of aromatic nitrogens is 2. The molecule has 1 saturated heterocycles. The van der Waals surface area contributed by atoms with Gasteiger partial charge in [-0.15, -0.1) is 24.8 Å². The van der Waals surface area contributed by atoms with Crippen molar-refractivity contribution in [2.24, 2.45) is 11.1 Å². The first-order chi connectivity index (χ1) is 11.0. The van der Waals surface area contributed by atoms with Crippen molar-refractivity contribution in [3.05, 3.63) is 17.1 Å². The van der Waals surface area contributed by atoms with E-state index < -0.39 is 0 Å². The van der Waals surface area contributed by atoms with Gasteiger partial charge in [-0.05, 0) is 31.1 Å². The number of nitrogens with one attached hydrogen (secondary N) is 1. The molecule has 3 N–H and O–H groups in total. The minimum Gasteiger partial charge on any atom is -0.356 e. The maximum absolute atomic E-state index is 12.2. The van der Waals surface area contributed by atoms with Gasteiger partial charge >= 0.3 is 0 Å². The highest BCUT2D eigenvalue weighted by Gasteiger charge is 2.53. The number of halogens is 2. The molecule has 25 heavy (non-hydrogen) atoms. The Hall–Kier alpha value is -1.11. The number of rotatable bonds is 2. The highest BCUT2D eigenvalue weighted by Crippen LogP contribution is 2.52. The van der Waals surface area contributed by atoms with Gasteiger partial charge in [-0.25, -0.2) is 9.97 Å². The van der Waals surface area contributed by atoms with E-state index in [4.69, 9.17) is 10.7 Å². The quantitative estimate of drug-likeness (QED) is 0.810. The van der Waals surface area contributed by atoms with Crippen LogP contribution in [0.1, 0.15) is 60.9 Å². The Bertz CT molecular complexity index is 659. The Morgan fingerprint density at radius 1 is 1.24 bits per heavy atom. The molecule has 1 amide bonds. The molecule has 1 aromatic heterocycles. The van der Waals surface area contributed by atoms with Crippen molar-refractivity contribution in [2.45, 2.75) is 51.5 Å². The molecule has 2 fully saturated rings. The van der Waals surface area contributed by atoms with Crippen LogP contribution in [0.2, 0.25) is 0 Å². The Labute approximate surface area is 161 Å². The molecule has 1 aromatic rings. The van der Waals surface area contributed by atoms with E-state index in [2.05, 4.69) is 29.0 Å². The fraction of sp³-hybridized carbons (Fsp3) is 0.706. The lowest BCUT2D eigenvalue weighted by atomic mass is 9.92. The van der Waals surface area contributed by atoms with Crippen molar-refractivity contribution in [3.63, 3.8) is 0 Å². The smallest absolute Gasteiger partial charge is 0.270 e. The third-order valence-electron chi connectivity index (χ3n) is 5.71. The zero-order valence-electron chi connectivity index (χ0n) is 14.7. The number of amides is 1. The van der Waals surface area contributed by atoms with Gasteiger partial charge < -0.3 is 16.0 Å². The zero-order chi connectivity index (χ0) is 16.2. The van der Waals surface area contributed by atoms with Crippen LogP contribution in [0.5, 0.6) is 0 Å². The maximum Gasteiger partial charge on any atom is 0.270 e. The second kappa shape index (κ2) is 7.25. The van der Waals surface area contributed by atoms with Crippen molar-refractivity contribution in [3.8, 4) is 0 Å². The first kappa shape index (κ1) is 20.2. The van der Waals surface area contributed by atoms with Gasteiger partial charge in [0.25, 0.3) is 5.91 Å². The first-order valence-electron chi connectivity index (χ1n) is 8.70. The van der Waals surface area contributed by atoms with Crippen LogP contribution < -0.4 is 16.0 Å². The molecule has 0 bridgehead atoms. The highest BCUT2D eigenvalue weighted by molar-refractivity contribution is 5.96. The monoisotopic (exact) mass is 387 g/mol. The second-order valence-electron chi connectivity index (χ2n) is 7.55. The van der Waals surface area contributed by atoms with Gasteiger partial charge in [0.05, 0.1) is 0 Å². The fourth-order valence-electron chi connectivity index (χ4n) is 3.93. The summed E-state index contributed by atoms with van der Waals surface area (Å²) in [5.74, 6) is 1.90. The Morgan fingerprint density at radius 3 is 2.44 bits per heavy atom. The van der Waals surface area contributed by atoms with Crippen molar-refractivity contribution in [1.82, 2.24) is 15.3 Å². The number of fused-ring (bicyclic) bond motifs is 1. The number of nitrogens with two attached hydrogens (primary N) is 1. The van der Waals surface area contributed by atoms with Crippen LogP contribution in [-0.4, -0.2) is 41.6 Å². The zero-order valence-corrected chi connectivity index (χ0v) is 16.4. The summed E-state index contributed by atoms with van der Waals surface area (Å²) >= 11 is 0. The van der Waals surface area contributed by atoms with Crippen LogP contribution >= 0.6 is 24.8 Å². The minimum absolute atomic E-state index is 0. The molecule has 3 aliphatic rings. The molecule has 3 heterocycles. The summed E-state index contributed by atoms with van der Waals surface area (Å²) in [6.07, 6.45) is 4.25. The molecule has 6 nitrogen and oxygen atoms in total. The van der Waals surface area contributed by atoms with Gasteiger partial charge in [-0.1, -0.05) is 13.8 Å². The van der Waals surface area contributed by atoms with Crippen LogP contribution in [0.15, 0.2) is 0 Å². The van der Waals surface area contributed by atoms with Crippen LogP contribution in [0.25, 0.3) is 0 Å². The predicted molar refractivity (Wildman–Crippen MR) is 103 cm³/mol. The lowest BCUT2D eigenvalue weighted by Crippen LogP contribution is -2.40. The molecule has 140 valence electrons. The lowest BCUT2D eigenvalue weighted by molar-refractivity contribution is 0.0940. The van der Waals surface area contributed by atoms with Crippen molar-refractivity contribution >= 4 is 36.5 Å². The van der Waals surface area contributed by atoms with Gasteiger partial charge in [-0.3, -0.25) is 4.79 Å². The number of anilines is 1. The van der Waals surface area contributed by atoms with Gasteiger partial charge in [-0.2, -0.15) is 0 Å². The molecule has 1 aliphatic carbocycles. The van der Waals surface area contributed by atoms with Gasteiger partial charge in [0.1, 0.15) is 17.3 Å². The highest BCUT2D eigenvalue weighted by atomic mass is 35.5. The predicted octanol–water partition coefficient (Wildman–Crippen LogP) is 2.05. The van der Waals surface area contributed by atoms with E-state index in [0.717, 1.165) is 49.6 Å². The summed E-state index contributed by atoms with van der Waals surface area (Å²) in [5.41, 5.74) is 8.10. The molecule has 4 rings (SSSR count). The van der Waals surface area contributed by atoms with Gasteiger partial charge in [0.2, 0.25) is 0 Å². The Balaban J connectivity index is 0.00000113. The summed E-state index contributed by atoms with van der Waals surface area (Å²) in [6.45, 7) is 6.78. The fourth-order valence-corrected chi connectivity index (χ4v) is 3.93. The summed E-state index contributed by atoms with van der Waals surface area (Å²) in [4.78, 5) is 23.9. The number of carbonyl (C=O) groups excluding carboxylic acids is 1. The van der Waals surface area contributed by atoms with Gasteiger partial charge in [0, 0.05) is 37.2 Å². The van der Waals surface area contributed by atoms with E-state index in [-0.39, 0.29) is 36.6 Å². The molecular weight excluding hydrogens is 361 g/mol. The molecule has 1 saturated carbocycles. The third kappa shape index (κ3) is 3.44. The van der Waals surface area contributed by atoms with Crippen molar-refractivity contribution in [1.29, 1.82) is 0 Å². The second-order valence-corrected chi connectivity index (χ2v) is 7.55. The summed E-state index contributed by atoms with van der Waals surface area (Å²) in [5, 5.41) is 2.90. The van der Waals surface area contributed by atoms with Crippen LogP contribution in [0.4, 0.5) is 5.82 Å². The maximum atomic E-state index is 12.2. The molecule has 1 spiro atoms. The van der Waals surface area contributed by atoms with E-state index in [1.807, 2.05) is 0 Å². The number of hydrogen-bond acceptors (Lipinski definition) is 5. The number of nitrogens with zero attached hydrogens (tertiary/aromatic N) is 3. The standard InChI is InChI=1S/C17H25N5O.2ClH/c1-10(2)14-20-13-11(3-6-19-16(13)23)15(21-14)22-7-4-17(5-8-22)9-12(17)18;;/h10,12H,3-9,18H2,1-2H3,(H,19,23);2*1H. The average molecular weight is 388 g/mol. The Kier molecular flexibility index (Phi) is 5.86. The number of carbonyl (C=O) groups is 1. The van der Waals surface area contributed by atoms with E-state index in [9.17, 15) is 4.79 Å². The topological polar surface area (TPSA) is 84.1 Å².